The van der Waals surface area contributed by atoms with Crippen molar-refractivity contribution in [1.29, 1.82) is 0 Å². The van der Waals surface area contributed by atoms with Crippen molar-refractivity contribution in [3.63, 3.8) is 0 Å². The number of fused-ring (bicyclic) bond motifs is 2. The topological polar surface area (TPSA) is 65.5 Å². The number of hydrogen-bond acceptors (Lipinski definition) is 4. The van der Waals surface area contributed by atoms with Crippen molar-refractivity contribution < 1.29 is 9.59 Å². The van der Waals surface area contributed by atoms with Gasteiger partial charge in [-0.3, -0.25) is 14.5 Å². The van der Waals surface area contributed by atoms with E-state index >= 15 is 0 Å². The highest BCUT2D eigenvalue weighted by atomic mass is 16.2. The molecule has 1 atom stereocenters. The zero-order valence-electron chi connectivity index (χ0n) is 16.0. The predicted molar refractivity (Wildman–Crippen MR) is 111 cm³/mol. The Morgan fingerprint density at radius 2 is 1.90 bits per heavy atom. The van der Waals surface area contributed by atoms with Gasteiger partial charge in [0.05, 0.1) is 11.2 Å². The molecule has 3 aromatic rings. The van der Waals surface area contributed by atoms with Gasteiger partial charge in [-0.1, -0.05) is 36.4 Å². The minimum absolute atomic E-state index is 0.0165. The first-order valence-corrected chi connectivity index (χ1v) is 9.96. The minimum Gasteiger partial charge on any atom is -0.353 e. The summed E-state index contributed by atoms with van der Waals surface area (Å²) in [6, 6.07) is 19.4. The number of hydrogen-bond donors (Lipinski definition) is 1. The lowest BCUT2D eigenvalue weighted by Gasteiger charge is -2.43. The van der Waals surface area contributed by atoms with E-state index in [4.69, 9.17) is 4.98 Å². The number of piperazine rings is 2. The predicted octanol–water partition coefficient (Wildman–Crippen LogP) is 2.16. The van der Waals surface area contributed by atoms with Crippen LogP contribution in [0.15, 0.2) is 60.7 Å². The average molecular weight is 386 g/mol. The smallest absolute Gasteiger partial charge is 0.253 e. The van der Waals surface area contributed by atoms with Crippen LogP contribution in [0.25, 0.3) is 22.2 Å². The molecule has 1 aromatic heterocycles. The van der Waals surface area contributed by atoms with E-state index in [9.17, 15) is 9.59 Å². The second kappa shape index (κ2) is 7.29. The summed E-state index contributed by atoms with van der Waals surface area (Å²) in [7, 11) is 0. The molecule has 1 N–H and O–H groups in total. The molecule has 0 radical (unpaired) electrons. The lowest BCUT2D eigenvalue weighted by molar-refractivity contribution is -0.131. The Kier molecular flexibility index (Phi) is 4.48. The third-order valence-corrected chi connectivity index (χ3v) is 5.78. The van der Waals surface area contributed by atoms with Gasteiger partial charge in [-0.05, 0) is 24.3 Å². The fourth-order valence-corrected chi connectivity index (χ4v) is 4.18. The van der Waals surface area contributed by atoms with Gasteiger partial charge < -0.3 is 10.2 Å². The van der Waals surface area contributed by atoms with Crippen LogP contribution in [-0.2, 0) is 4.79 Å². The van der Waals surface area contributed by atoms with Gasteiger partial charge in [0.15, 0.2) is 0 Å². The molecule has 2 fully saturated rings. The Morgan fingerprint density at radius 3 is 2.83 bits per heavy atom. The highest BCUT2D eigenvalue weighted by Gasteiger charge is 2.36. The summed E-state index contributed by atoms with van der Waals surface area (Å²) in [5, 5.41) is 3.99. The van der Waals surface area contributed by atoms with Crippen molar-refractivity contribution in [2.45, 2.75) is 6.04 Å². The first kappa shape index (κ1) is 17.8. The molecule has 3 heterocycles. The number of carbonyl (C=O) groups excluding carboxylic acids is 2. The van der Waals surface area contributed by atoms with E-state index in [1.165, 1.54) is 0 Å². The van der Waals surface area contributed by atoms with Crippen molar-refractivity contribution >= 4 is 22.7 Å². The summed E-state index contributed by atoms with van der Waals surface area (Å²) in [6.45, 7) is 3.34. The Hall–Kier alpha value is -3.25. The van der Waals surface area contributed by atoms with E-state index in [0.29, 0.717) is 25.2 Å². The summed E-state index contributed by atoms with van der Waals surface area (Å²) in [5.41, 5.74) is 3.31. The number of rotatable bonds is 2. The molecule has 0 saturated carbocycles. The molecule has 0 spiro atoms. The fraction of sp³-hybridized carbons (Fsp3) is 0.261. The lowest BCUT2D eigenvalue weighted by Crippen LogP contribution is -2.64. The summed E-state index contributed by atoms with van der Waals surface area (Å²) in [4.78, 5) is 34.0. The van der Waals surface area contributed by atoms with Crippen molar-refractivity contribution in [2.24, 2.45) is 0 Å². The zero-order valence-corrected chi connectivity index (χ0v) is 16.0. The maximum absolute atomic E-state index is 13.1. The largest absolute Gasteiger partial charge is 0.353 e. The van der Waals surface area contributed by atoms with Crippen molar-refractivity contribution in [2.75, 3.05) is 32.7 Å². The van der Waals surface area contributed by atoms with Gasteiger partial charge in [-0.25, -0.2) is 4.98 Å². The van der Waals surface area contributed by atoms with Crippen LogP contribution in [0.1, 0.15) is 10.4 Å². The van der Waals surface area contributed by atoms with Crippen LogP contribution in [0, 0.1) is 0 Å². The number of carbonyl (C=O) groups is 2. The van der Waals surface area contributed by atoms with Gasteiger partial charge in [-0.2, -0.15) is 0 Å². The Balaban J connectivity index is 1.40. The molecule has 2 aromatic carbocycles. The van der Waals surface area contributed by atoms with Crippen molar-refractivity contribution in [1.82, 2.24) is 20.1 Å². The first-order chi connectivity index (χ1) is 14.2. The summed E-state index contributed by atoms with van der Waals surface area (Å²) in [6.07, 6.45) is 0. The van der Waals surface area contributed by atoms with Gasteiger partial charge in [0.25, 0.3) is 5.91 Å². The van der Waals surface area contributed by atoms with E-state index in [0.717, 1.165) is 35.2 Å². The zero-order chi connectivity index (χ0) is 19.8. The van der Waals surface area contributed by atoms with E-state index in [-0.39, 0.29) is 17.9 Å². The molecule has 2 aliphatic rings. The summed E-state index contributed by atoms with van der Waals surface area (Å²) >= 11 is 0. The maximum Gasteiger partial charge on any atom is 0.253 e. The first-order valence-electron chi connectivity index (χ1n) is 9.96. The quantitative estimate of drug-likeness (QED) is 0.733. The molecular weight excluding hydrogens is 364 g/mol. The number of nitrogens with one attached hydrogen (secondary N) is 1. The Morgan fingerprint density at radius 1 is 1.00 bits per heavy atom. The average Bonchev–Trinajstić information content (AvgIpc) is 2.78. The molecule has 146 valence electrons. The maximum atomic E-state index is 13.1. The third-order valence-electron chi connectivity index (χ3n) is 5.78. The lowest BCUT2D eigenvalue weighted by atomic mass is 10.0. The third kappa shape index (κ3) is 3.36. The molecule has 29 heavy (non-hydrogen) atoms. The molecule has 6 nitrogen and oxygen atoms in total. The molecule has 0 unspecified atom stereocenters. The molecule has 5 rings (SSSR count). The van der Waals surface area contributed by atoms with Crippen LogP contribution in [0.2, 0.25) is 0 Å². The fourth-order valence-electron chi connectivity index (χ4n) is 4.18. The second-order valence-electron chi connectivity index (χ2n) is 7.56. The van der Waals surface area contributed by atoms with Gasteiger partial charge >= 0.3 is 0 Å². The molecule has 0 bridgehead atoms. The number of benzene rings is 2. The van der Waals surface area contributed by atoms with Gasteiger partial charge in [0.2, 0.25) is 5.91 Å². The summed E-state index contributed by atoms with van der Waals surface area (Å²) < 4.78 is 0. The molecule has 0 aliphatic carbocycles. The highest BCUT2D eigenvalue weighted by Crippen LogP contribution is 2.23. The van der Waals surface area contributed by atoms with Gasteiger partial charge in [-0.15, -0.1) is 0 Å². The molecular formula is C23H22N4O2. The van der Waals surface area contributed by atoms with Crippen LogP contribution >= 0.6 is 0 Å². The molecule has 2 saturated heterocycles. The normalized spacial score (nSPS) is 19.7. The second-order valence-corrected chi connectivity index (χ2v) is 7.56. The van der Waals surface area contributed by atoms with Crippen LogP contribution in [0.3, 0.4) is 0 Å². The highest BCUT2D eigenvalue weighted by molar-refractivity contribution is 5.96. The number of aromatic nitrogens is 1. The standard InChI is InChI=1S/C23H22N4O2/c28-22-21-15-27(13-12-26(21)11-10-24-22)23(29)18-6-3-5-17(14-18)20-9-8-16-4-1-2-7-19(16)25-20/h1-9,14,21H,10-13,15H2,(H,24,28)/t21-/m1/s1. The Labute approximate surface area is 169 Å². The number of nitrogens with zero attached hydrogens (tertiary/aromatic N) is 3. The summed E-state index contributed by atoms with van der Waals surface area (Å²) in [5.74, 6) is -0.0199. The molecule has 2 amide bonds. The number of pyridine rings is 1. The SMILES string of the molecule is O=C1NCCN2CCN(C(=O)c3cccc(-c4ccc5ccccc5n4)c3)C[C@H]12. The van der Waals surface area contributed by atoms with Crippen LogP contribution in [0.5, 0.6) is 0 Å². The van der Waals surface area contributed by atoms with Gasteiger partial charge in [0, 0.05) is 49.2 Å². The molecule has 6 heteroatoms. The molecule has 2 aliphatic heterocycles. The van der Waals surface area contributed by atoms with Crippen LogP contribution in [-0.4, -0.2) is 65.4 Å². The van der Waals surface area contributed by atoms with Crippen LogP contribution < -0.4 is 5.32 Å². The van der Waals surface area contributed by atoms with Crippen molar-refractivity contribution in [3.05, 3.63) is 66.2 Å². The van der Waals surface area contributed by atoms with Crippen LogP contribution in [0.4, 0.5) is 0 Å². The van der Waals surface area contributed by atoms with E-state index < -0.39 is 0 Å². The van der Waals surface area contributed by atoms with E-state index in [1.807, 2.05) is 60.7 Å². The van der Waals surface area contributed by atoms with Gasteiger partial charge in [0.1, 0.15) is 6.04 Å². The van der Waals surface area contributed by atoms with E-state index in [1.54, 1.807) is 4.90 Å². The number of para-hydroxylation sites is 1. The minimum atomic E-state index is -0.244. The van der Waals surface area contributed by atoms with E-state index in [2.05, 4.69) is 10.2 Å². The number of amides is 2. The van der Waals surface area contributed by atoms with Crippen molar-refractivity contribution in [3.8, 4) is 11.3 Å². The monoisotopic (exact) mass is 386 g/mol. The Bertz CT molecular complexity index is 1100.